The van der Waals surface area contributed by atoms with Crippen molar-refractivity contribution in [2.75, 3.05) is 13.1 Å². The number of hydrogen-bond donors (Lipinski definition) is 0. The van der Waals surface area contributed by atoms with Gasteiger partial charge in [-0.2, -0.15) is 0 Å². The van der Waals surface area contributed by atoms with Crippen molar-refractivity contribution in [1.82, 2.24) is 4.90 Å². The van der Waals surface area contributed by atoms with E-state index in [4.69, 9.17) is 0 Å². The highest BCUT2D eigenvalue weighted by Crippen LogP contribution is 2.14. The number of likely N-dealkylation sites (N-methyl/N-ethyl adjacent to an activating group) is 1. The van der Waals surface area contributed by atoms with Crippen molar-refractivity contribution in [2.45, 2.75) is 25.8 Å². The lowest BCUT2D eigenvalue weighted by atomic mass is 10.1. The molecule has 1 aromatic rings. The van der Waals surface area contributed by atoms with Gasteiger partial charge in [-0.15, -0.1) is 0 Å². The molecular formula is C14H18N2O. The molecule has 0 N–H and O–H groups in total. The monoisotopic (exact) mass is 230 g/mol. The molecule has 1 atom stereocenters. The summed E-state index contributed by atoms with van der Waals surface area (Å²) in [5, 5.41) is 0. The second-order valence-electron chi connectivity index (χ2n) is 4.26. The zero-order chi connectivity index (χ0) is 12.1. The van der Waals surface area contributed by atoms with Crippen LogP contribution in [0.3, 0.4) is 0 Å². The van der Waals surface area contributed by atoms with Gasteiger partial charge in [0.25, 0.3) is 0 Å². The summed E-state index contributed by atoms with van der Waals surface area (Å²) in [6.45, 7) is 3.68. The largest absolute Gasteiger partial charge is 0.341 e. The third-order valence-corrected chi connectivity index (χ3v) is 3.09. The molecule has 1 aliphatic rings. The molecule has 1 amide bonds. The molecule has 1 aliphatic heterocycles. The van der Waals surface area contributed by atoms with Gasteiger partial charge in [-0.1, -0.05) is 30.3 Å². The number of hydrogen-bond acceptors (Lipinski definition) is 2. The standard InChI is InChI=1S/C14H18N2O/c1-2-16-10-6-9-13(14(16)17)15-11-12-7-4-3-5-8-12/h3-5,7-8,11,13H,2,6,9-10H2,1H3/t13-/m0/s1. The number of rotatable bonds is 3. The summed E-state index contributed by atoms with van der Waals surface area (Å²) in [5.74, 6) is 0.172. The van der Waals surface area contributed by atoms with Gasteiger partial charge in [-0.3, -0.25) is 9.79 Å². The van der Waals surface area contributed by atoms with Gasteiger partial charge in [0.05, 0.1) is 0 Å². The number of likely N-dealkylation sites (tertiary alicyclic amines) is 1. The average molecular weight is 230 g/mol. The van der Waals surface area contributed by atoms with E-state index >= 15 is 0 Å². The first-order valence-electron chi connectivity index (χ1n) is 6.18. The summed E-state index contributed by atoms with van der Waals surface area (Å²) in [7, 11) is 0. The molecule has 1 fully saturated rings. The van der Waals surface area contributed by atoms with Crippen molar-refractivity contribution >= 4 is 12.1 Å². The van der Waals surface area contributed by atoms with Crippen LogP contribution in [-0.2, 0) is 4.79 Å². The SMILES string of the molecule is CCN1CCC[C@H](N=Cc2ccccc2)C1=O. The fourth-order valence-corrected chi connectivity index (χ4v) is 2.09. The Labute approximate surface area is 102 Å². The maximum absolute atomic E-state index is 12.0. The minimum Gasteiger partial charge on any atom is -0.341 e. The van der Waals surface area contributed by atoms with Gasteiger partial charge in [0, 0.05) is 19.3 Å². The highest BCUT2D eigenvalue weighted by Gasteiger charge is 2.26. The number of nitrogens with zero attached hydrogens (tertiary/aromatic N) is 2. The zero-order valence-corrected chi connectivity index (χ0v) is 10.2. The molecule has 3 nitrogen and oxygen atoms in total. The highest BCUT2D eigenvalue weighted by molar-refractivity contribution is 5.87. The van der Waals surface area contributed by atoms with Gasteiger partial charge in [0.1, 0.15) is 6.04 Å². The van der Waals surface area contributed by atoms with E-state index in [-0.39, 0.29) is 11.9 Å². The molecule has 0 unspecified atom stereocenters. The first-order chi connectivity index (χ1) is 8.31. The van der Waals surface area contributed by atoms with Crippen molar-refractivity contribution in [1.29, 1.82) is 0 Å². The van der Waals surface area contributed by atoms with Gasteiger partial charge in [0.2, 0.25) is 5.91 Å². The van der Waals surface area contributed by atoms with Crippen LogP contribution in [0.25, 0.3) is 0 Å². The lowest BCUT2D eigenvalue weighted by Crippen LogP contribution is -2.43. The molecule has 3 heteroatoms. The molecule has 1 aromatic carbocycles. The first-order valence-corrected chi connectivity index (χ1v) is 6.18. The molecule has 1 heterocycles. The fraction of sp³-hybridized carbons (Fsp3) is 0.429. The third kappa shape index (κ3) is 2.93. The molecule has 1 saturated heterocycles. The Kier molecular flexibility index (Phi) is 3.91. The lowest BCUT2D eigenvalue weighted by Gasteiger charge is -2.29. The van der Waals surface area contributed by atoms with E-state index in [2.05, 4.69) is 4.99 Å². The van der Waals surface area contributed by atoms with Crippen LogP contribution in [0.4, 0.5) is 0 Å². The Bertz CT molecular complexity index is 400. The molecule has 0 spiro atoms. The summed E-state index contributed by atoms with van der Waals surface area (Å²) in [4.78, 5) is 18.3. The first kappa shape index (κ1) is 11.8. The predicted octanol–water partition coefficient (Wildman–Crippen LogP) is 2.12. The smallest absolute Gasteiger partial charge is 0.247 e. The quantitative estimate of drug-likeness (QED) is 0.732. The number of carbonyl (C=O) groups excluding carboxylic acids is 1. The van der Waals surface area contributed by atoms with Crippen LogP contribution in [0.2, 0.25) is 0 Å². The Hall–Kier alpha value is -1.64. The van der Waals surface area contributed by atoms with Crippen LogP contribution in [0.15, 0.2) is 35.3 Å². The molecule has 17 heavy (non-hydrogen) atoms. The fourth-order valence-electron chi connectivity index (χ4n) is 2.09. The Balaban J connectivity index is 2.03. The van der Waals surface area contributed by atoms with Crippen LogP contribution in [0, 0.1) is 0 Å². The molecule has 2 rings (SSSR count). The van der Waals surface area contributed by atoms with Crippen LogP contribution < -0.4 is 0 Å². The van der Waals surface area contributed by atoms with E-state index in [1.165, 1.54) is 0 Å². The molecule has 0 bridgehead atoms. The summed E-state index contributed by atoms with van der Waals surface area (Å²) in [5.41, 5.74) is 1.05. The van der Waals surface area contributed by atoms with Crippen molar-refractivity contribution < 1.29 is 4.79 Å². The minimum atomic E-state index is -0.177. The van der Waals surface area contributed by atoms with Crippen LogP contribution in [0.1, 0.15) is 25.3 Å². The number of aliphatic imine (C=N–C) groups is 1. The lowest BCUT2D eigenvalue weighted by molar-refractivity contribution is -0.134. The normalized spacial score (nSPS) is 21.1. The molecule has 90 valence electrons. The predicted molar refractivity (Wildman–Crippen MR) is 69.3 cm³/mol. The van der Waals surface area contributed by atoms with Gasteiger partial charge in [0.15, 0.2) is 0 Å². The maximum Gasteiger partial charge on any atom is 0.247 e. The Morgan fingerprint density at radius 2 is 2.18 bits per heavy atom. The molecule has 0 aliphatic carbocycles. The highest BCUT2D eigenvalue weighted by atomic mass is 16.2. The zero-order valence-electron chi connectivity index (χ0n) is 10.2. The van der Waals surface area contributed by atoms with E-state index in [1.54, 1.807) is 0 Å². The summed E-state index contributed by atoms with van der Waals surface area (Å²) in [6, 6.07) is 9.74. The number of carbonyl (C=O) groups is 1. The molecule has 0 saturated carbocycles. The maximum atomic E-state index is 12.0. The minimum absolute atomic E-state index is 0.172. The number of benzene rings is 1. The number of piperidine rings is 1. The van der Waals surface area contributed by atoms with Crippen molar-refractivity contribution in [3.63, 3.8) is 0 Å². The van der Waals surface area contributed by atoms with Crippen molar-refractivity contribution in [2.24, 2.45) is 4.99 Å². The molecule has 0 aromatic heterocycles. The van der Waals surface area contributed by atoms with Crippen molar-refractivity contribution in [3.05, 3.63) is 35.9 Å². The van der Waals surface area contributed by atoms with Gasteiger partial charge in [-0.25, -0.2) is 0 Å². The summed E-state index contributed by atoms with van der Waals surface area (Å²) >= 11 is 0. The summed E-state index contributed by atoms with van der Waals surface area (Å²) < 4.78 is 0. The van der Waals surface area contributed by atoms with Crippen LogP contribution in [-0.4, -0.2) is 36.2 Å². The molecule has 0 radical (unpaired) electrons. The third-order valence-electron chi connectivity index (χ3n) is 3.09. The van der Waals surface area contributed by atoms with E-state index in [0.717, 1.165) is 31.5 Å². The second-order valence-corrected chi connectivity index (χ2v) is 4.26. The Morgan fingerprint density at radius 1 is 1.41 bits per heavy atom. The van der Waals surface area contributed by atoms with E-state index in [0.29, 0.717) is 0 Å². The van der Waals surface area contributed by atoms with Crippen molar-refractivity contribution in [3.8, 4) is 0 Å². The van der Waals surface area contributed by atoms with Gasteiger partial charge in [-0.05, 0) is 25.3 Å². The van der Waals surface area contributed by atoms with Gasteiger partial charge < -0.3 is 4.90 Å². The van der Waals surface area contributed by atoms with Gasteiger partial charge >= 0.3 is 0 Å². The van der Waals surface area contributed by atoms with E-state index in [9.17, 15) is 4.79 Å². The topological polar surface area (TPSA) is 32.7 Å². The van der Waals surface area contributed by atoms with E-state index < -0.39 is 0 Å². The van der Waals surface area contributed by atoms with E-state index in [1.807, 2.05) is 48.4 Å². The average Bonchev–Trinajstić information content (AvgIpc) is 2.39. The number of amides is 1. The second kappa shape index (κ2) is 5.62. The van der Waals surface area contributed by atoms with Crippen LogP contribution in [0.5, 0.6) is 0 Å². The van der Waals surface area contributed by atoms with Crippen LogP contribution >= 0.6 is 0 Å². The molecular weight excluding hydrogens is 212 g/mol. The Morgan fingerprint density at radius 3 is 2.88 bits per heavy atom. The summed E-state index contributed by atoms with van der Waals surface area (Å²) in [6.07, 6.45) is 3.73.